The van der Waals surface area contributed by atoms with Crippen LogP contribution in [0.1, 0.15) is 18.4 Å². The minimum atomic E-state index is -3.62. The van der Waals surface area contributed by atoms with Crippen molar-refractivity contribution in [1.29, 1.82) is 0 Å². The van der Waals surface area contributed by atoms with Gasteiger partial charge in [-0.05, 0) is 30.7 Å². The molecule has 1 aliphatic heterocycles. The van der Waals surface area contributed by atoms with Crippen LogP contribution in [0.15, 0.2) is 63.3 Å². The lowest BCUT2D eigenvalue weighted by molar-refractivity contribution is -0.147. The second kappa shape index (κ2) is 10.6. The fraction of sp³-hybridized carbons (Fsp3) is 0.250. The van der Waals surface area contributed by atoms with Crippen molar-refractivity contribution in [2.75, 3.05) is 18.5 Å². The number of para-hydroxylation sites is 1. The van der Waals surface area contributed by atoms with Crippen LogP contribution in [-0.4, -0.2) is 45.0 Å². The van der Waals surface area contributed by atoms with Gasteiger partial charge in [0.05, 0.1) is 10.6 Å². The normalized spacial score (nSPS) is 15.3. The van der Waals surface area contributed by atoms with Gasteiger partial charge in [-0.2, -0.15) is 8.78 Å². The van der Waals surface area contributed by atoms with Gasteiger partial charge in [0.25, 0.3) is 21.7 Å². The van der Waals surface area contributed by atoms with E-state index >= 15 is 0 Å². The maximum atomic E-state index is 12.6. The molecule has 32 heavy (non-hydrogen) atoms. The minimum Gasteiger partial charge on any atom is -0.456 e. The highest BCUT2D eigenvalue weighted by Gasteiger charge is 2.29. The quantitative estimate of drug-likeness (QED) is 0.322. The Morgan fingerprint density at radius 3 is 2.62 bits per heavy atom. The molecule has 0 saturated carbocycles. The Kier molecular flexibility index (Phi) is 7.80. The number of anilines is 1. The van der Waals surface area contributed by atoms with Gasteiger partial charge >= 0.3 is 5.97 Å². The third kappa shape index (κ3) is 6.26. The van der Waals surface area contributed by atoms with Gasteiger partial charge in [0.1, 0.15) is 5.84 Å². The van der Waals surface area contributed by atoms with Crippen molar-refractivity contribution >= 4 is 45.2 Å². The predicted octanol–water partition coefficient (Wildman–Crippen LogP) is 3.00. The number of amides is 1. The zero-order valence-corrected chi connectivity index (χ0v) is 18.2. The van der Waals surface area contributed by atoms with E-state index in [2.05, 4.69) is 15.0 Å². The molecular weight excluding hydrogens is 464 g/mol. The van der Waals surface area contributed by atoms with Crippen molar-refractivity contribution in [3.05, 3.63) is 54.1 Å². The number of thioether (sulfide) groups is 1. The summed E-state index contributed by atoms with van der Waals surface area (Å²) in [6.45, 7) is -0.389. The van der Waals surface area contributed by atoms with Crippen molar-refractivity contribution in [2.45, 2.75) is 28.4 Å². The lowest BCUT2D eigenvalue weighted by atomic mass is 10.2. The SMILES string of the molecule is O=C(COC(=O)CCCN=C1NS(=O)(=O)c2ccccc21)Nc1ccccc1SC(F)F. The van der Waals surface area contributed by atoms with Gasteiger partial charge in [-0.25, -0.2) is 8.42 Å². The first kappa shape index (κ1) is 23.7. The van der Waals surface area contributed by atoms with Crippen molar-refractivity contribution < 1.29 is 31.5 Å². The van der Waals surface area contributed by atoms with E-state index in [1.807, 2.05) is 0 Å². The fourth-order valence-corrected chi connectivity index (χ4v) is 4.68. The largest absolute Gasteiger partial charge is 0.456 e. The van der Waals surface area contributed by atoms with Gasteiger partial charge in [0.15, 0.2) is 6.61 Å². The Balaban J connectivity index is 1.43. The maximum absolute atomic E-state index is 12.6. The number of carbonyl (C=O) groups excluding carboxylic acids is 2. The summed E-state index contributed by atoms with van der Waals surface area (Å²) >= 11 is 0.300. The first-order chi connectivity index (χ1) is 15.3. The molecule has 0 saturated heterocycles. The Morgan fingerprint density at radius 1 is 1.12 bits per heavy atom. The van der Waals surface area contributed by atoms with E-state index in [-0.39, 0.29) is 40.7 Å². The fourth-order valence-electron chi connectivity index (χ4n) is 2.84. The van der Waals surface area contributed by atoms with Gasteiger partial charge < -0.3 is 10.1 Å². The van der Waals surface area contributed by atoms with Gasteiger partial charge in [0, 0.05) is 23.4 Å². The summed E-state index contributed by atoms with van der Waals surface area (Å²) in [7, 11) is -3.62. The van der Waals surface area contributed by atoms with E-state index in [4.69, 9.17) is 4.74 Å². The number of hydrogen-bond acceptors (Lipinski definition) is 7. The van der Waals surface area contributed by atoms with Crippen LogP contribution in [0.5, 0.6) is 0 Å². The van der Waals surface area contributed by atoms with Crippen molar-refractivity contribution in [3.8, 4) is 0 Å². The molecule has 12 heteroatoms. The van der Waals surface area contributed by atoms with Gasteiger partial charge in [0.2, 0.25) is 0 Å². The number of ether oxygens (including phenoxy) is 1. The average Bonchev–Trinajstić information content (AvgIpc) is 3.01. The van der Waals surface area contributed by atoms with Crippen molar-refractivity contribution in [3.63, 3.8) is 0 Å². The van der Waals surface area contributed by atoms with E-state index < -0.39 is 34.3 Å². The highest BCUT2D eigenvalue weighted by atomic mass is 32.2. The molecule has 1 aliphatic rings. The zero-order chi connectivity index (χ0) is 23.1. The Labute approximate surface area is 187 Å². The van der Waals surface area contributed by atoms with Gasteiger partial charge in [-0.15, -0.1) is 0 Å². The monoisotopic (exact) mass is 483 g/mol. The number of amidine groups is 1. The number of aliphatic imine (C=N–C) groups is 1. The highest BCUT2D eigenvalue weighted by Crippen LogP contribution is 2.31. The summed E-state index contributed by atoms with van der Waals surface area (Å²) < 4.78 is 56.5. The standard InChI is InChI=1S/C20H19F2N3O5S2/c21-20(22)31-15-8-3-2-7-14(15)24-17(26)12-30-18(27)10-5-11-23-19-13-6-1-4-9-16(13)32(28,29)25-19/h1-4,6-9,20H,5,10-12H2,(H,23,25)(H,24,26). The molecule has 0 spiro atoms. The van der Waals surface area contributed by atoms with E-state index in [0.717, 1.165) is 0 Å². The van der Waals surface area contributed by atoms with Crippen LogP contribution in [0.3, 0.4) is 0 Å². The van der Waals surface area contributed by atoms with Gasteiger partial charge in [-0.1, -0.05) is 36.0 Å². The number of nitrogens with zero attached hydrogens (tertiary/aromatic N) is 1. The van der Waals surface area contributed by atoms with Crippen LogP contribution in [0.25, 0.3) is 0 Å². The van der Waals surface area contributed by atoms with Crippen LogP contribution >= 0.6 is 11.8 Å². The van der Waals surface area contributed by atoms with E-state index in [0.29, 0.717) is 17.3 Å². The molecular formula is C20H19F2N3O5S2. The van der Waals surface area contributed by atoms with Crippen LogP contribution in [0.2, 0.25) is 0 Å². The number of benzene rings is 2. The smallest absolute Gasteiger partial charge is 0.306 e. The summed E-state index contributed by atoms with van der Waals surface area (Å²) in [5.74, 6) is -3.71. The first-order valence-corrected chi connectivity index (χ1v) is 11.8. The molecule has 0 fully saturated rings. The third-order valence-electron chi connectivity index (χ3n) is 4.21. The number of hydrogen-bond donors (Lipinski definition) is 2. The number of carbonyl (C=O) groups is 2. The number of sulfonamides is 1. The first-order valence-electron chi connectivity index (χ1n) is 9.42. The van der Waals surface area contributed by atoms with E-state index in [1.54, 1.807) is 30.3 Å². The Hall–Kier alpha value is -2.99. The van der Waals surface area contributed by atoms with E-state index in [9.17, 15) is 26.8 Å². The molecule has 170 valence electrons. The predicted molar refractivity (Wildman–Crippen MR) is 115 cm³/mol. The summed E-state index contributed by atoms with van der Waals surface area (Å²) in [4.78, 5) is 28.4. The molecule has 1 heterocycles. The van der Waals surface area contributed by atoms with Crippen molar-refractivity contribution in [1.82, 2.24) is 4.72 Å². The van der Waals surface area contributed by atoms with Crippen LogP contribution in [0, 0.1) is 0 Å². The topological polar surface area (TPSA) is 114 Å². The van der Waals surface area contributed by atoms with Crippen molar-refractivity contribution in [2.24, 2.45) is 4.99 Å². The summed E-state index contributed by atoms with van der Waals surface area (Å²) in [6.07, 6.45) is 0.248. The van der Waals surface area contributed by atoms with Crippen LogP contribution < -0.4 is 10.0 Å². The zero-order valence-electron chi connectivity index (χ0n) is 16.6. The third-order valence-corrected chi connectivity index (χ3v) is 6.40. The summed E-state index contributed by atoms with van der Waals surface area (Å²) in [5.41, 5.74) is 0.672. The molecule has 3 rings (SSSR count). The maximum Gasteiger partial charge on any atom is 0.306 e. The number of fused-ring (bicyclic) bond motifs is 1. The molecule has 2 aromatic carbocycles. The molecule has 2 aromatic rings. The van der Waals surface area contributed by atoms with Crippen LogP contribution in [-0.2, 0) is 24.3 Å². The molecule has 0 bridgehead atoms. The second-order valence-corrected chi connectivity index (χ2v) is 9.20. The minimum absolute atomic E-state index is 0.0315. The number of rotatable bonds is 9. The molecule has 0 atom stereocenters. The molecule has 0 radical (unpaired) electrons. The summed E-state index contributed by atoms with van der Waals surface area (Å²) in [5, 5.41) is 2.44. The van der Waals surface area contributed by atoms with E-state index in [1.165, 1.54) is 18.2 Å². The molecule has 8 nitrogen and oxygen atoms in total. The number of esters is 1. The molecule has 0 aromatic heterocycles. The molecule has 0 unspecified atom stereocenters. The second-order valence-electron chi connectivity index (χ2n) is 6.52. The number of halogens is 2. The lowest BCUT2D eigenvalue weighted by Gasteiger charge is -2.10. The average molecular weight is 484 g/mol. The Morgan fingerprint density at radius 2 is 1.84 bits per heavy atom. The number of alkyl halides is 2. The number of nitrogens with one attached hydrogen (secondary N) is 2. The summed E-state index contributed by atoms with van der Waals surface area (Å²) in [6, 6.07) is 12.5. The molecule has 0 aliphatic carbocycles. The highest BCUT2D eigenvalue weighted by molar-refractivity contribution is 7.99. The lowest BCUT2D eigenvalue weighted by Crippen LogP contribution is -2.22. The Bertz CT molecular complexity index is 1140. The molecule has 2 N–H and O–H groups in total. The van der Waals surface area contributed by atoms with Crippen LogP contribution in [0.4, 0.5) is 14.5 Å². The van der Waals surface area contributed by atoms with Gasteiger partial charge in [-0.3, -0.25) is 19.3 Å². The molecule has 1 amide bonds.